The Morgan fingerprint density at radius 2 is 2.32 bits per heavy atom. The van der Waals surface area contributed by atoms with Crippen LogP contribution >= 0.6 is 0 Å². The van der Waals surface area contributed by atoms with E-state index in [0.717, 1.165) is 25.2 Å². The number of hydrogen-bond donors (Lipinski definition) is 2. The molecule has 2 aromatic rings. The molecular formula is C15H18N2O2. The molecule has 4 heteroatoms. The minimum Gasteiger partial charge on any atom is -0.493 e. The van der Waals surface area contributed by atoms with Crippen molar-refractivity contribution in [1.82, 2.24) is 10.3 Å². The van der Waals surface area contributed by atoms with Crippen LogP contribution in [0, 0.1) is 6.92 Å². The SMILES string of the molecule is CC(=O)NCCc1c(C)[nH]c2ccc3c(c12)CCO3. The van der Waals surface area contributed by atoms with Crippen molar-refractivity contribution in [3.05, 3.63) is 29.0 Å². The van der Waals surface area contributed by atoms with Crippen LogP contribution < -0.4 is 10.1 Å². The van der Waals surface area contributed by atoms with Crippen molar-refractivity contribution in [3.8, 4) is 5.75 Å². The van der Waals surface area contributed by atoms with Gasteiger partial charge in [0.15, 0.2) is 0 Å². The van der Waals surface area contributed by atoms with Crippen molar-refractivity contribution < 1.29 is 9.53 Å². The first-order valence-electron chi connectivity index (χ1n) is 6.67. The molecule has 3 rings (SSSR count). The lowest BCUT2D eigenvalue weighted by Gasteiger charge is -2.05. The second-order valence-corrected chi connectivity index (χ2v) is 5.02. The Kier molecular flexibility index (Phi) is 2.93. The number of nitrogens with one attached hydrogen (secondary N) is 2. The number of amides is 1. The highest BCUT2D eigenvalue weighted by Gasteiger charge is 2.19. The molecule has 2 N–H and O–H groups in total. The first-order valence-corrected chi connectivity index (χ1v) is 6.67. The summed E-state index contributed by atoms with van der Waals surface area (Å²) in [5.74, 6) is 1.03. The van der Waals surface area contributed by atoms with Crippen molar-refractivity contribution in [1.29, 1.82) is 0 Å². The number of benzene rings is 1. The lowest BCUT2D eigenvalue weighted by molar-refractivity contribution is -0.118. The van der Waals surface area contributed by atoms with Crippen molar-refractivity contribution in [2.75, 3.05) is 13.2 Å². The number of ether oxygens (including phenoxy) is 1. The second-order valence-electron chi connectivity index (χ2n) is 5.02. The van der Waals surface area contributed by atoms with Gasteiger partial charge in [-0.05, 0) is 31.0 Å². The largest absolute Gasteiger partial charge is 0.493 e. The third kappa shape index (κ3) is 2.07. The van der Waals surface area contributed by atoms with Crippen LogP contribution in [0.3, 0.4) is 0 Å². The lowest BCUT2D eigenvalue weighted by Crippen LogP contribution is -2.22. The van der Waals surface area contributed by atoms with Crippen molar-refractivity contribution in [2.24, 2.45) is 0 Å². The molecule has 1 aliphatic heterocycles. The fourth-order valence-corrected chi connectivity index (χ4v) is 2.87. The third-order valence-electron chi connectivity index (χ3n) is 3.71. The highest BCUT2D eigenvalue weighted by Crippen LogP contribution is 2.35. The van der Waals surface area contributed by atoms with E-state index in [9.17, 15) is 4.79 Å². The Hall–Kier alpha value is -1.97. The third-order valence-corrected chi connectivity index (χ3v) is 3.71. The number of aromatic nitrogens is 1. The number of fused-ring (bicyclic) bond motifs is 3. The van der Waals surface area contributed by atoms with E-state index < -0.39 is 0 Å². The maximum Gasteiger partial charge on any atom is 0.216 e. The molecule has 1 aromatic heterocycles. The number of rotatable bonds is 3. The van der Waals surface area contributed by atoms with E-state index in [1.165, 1.54) is 27.7 Å². The summed E-state index contributed by atoms with van der Waals surface area (Å²) in [5.41, 5.74) is 4.95. The van der Waals surface area contributed by atoms with Gasteiger partial charge in [0, 0.05) is 42.0 Å². The van der Waals surface area contributed by atoms with Gasteiger partial charge in [0.25, 0.3) is 0 Å². The molecule has 100 valence electrons. The van der Waals surface area contributed by atoms with E-state index in [1.54, 1.807) is 6.92 Å². The van der Waals surface area contributed by atoms with E-state index >= 15 is 0 Å². The van der Waals surface area contributed by atoms with Crippen LogP contribution in [0.1, 0.15) is 23.7 Å². The summed E-state index contributed by atoms with van der Waals surface area (Å²) in [6.07, 6.45) is 1.82. The van der Waals surface area contributed by atoms with E-state index in [1.807, 2.05) is 6.07 Å². The zero-order valence-electron chi connectivity index (χ0n) is 11.3. The highest BCUT2D eigenvalue weighted by molar-refractivity contribution is 5.90. The number of carbonyl (C=O) groups excluding carboxylic acids is 1. The van der Waals surface area contributed by atoms with Gasteiger partial charge in [-0.2, -0.15) is 0 Å². The topological polar surface area (TPSA) is 54.1 Å². The minimum absolute atomic E-state index is 0.0195. The van der Waals surface area contributed by atoms with Gasteiger partial charge < -0.3 is 15.0 Å². The molecule has 0 saturated heterocycles. The summed E-state index contributed by atoms with van der Waals surface area (Å²) in [6, 6.07) is 4.12. The second kappa shape index (κ2) is 4.61. The monoisotopic (exact) mass is 258 g/mol. The van der Waals surface area contributed by atoms with Gasteiger partial charge in [-0.15, -0.1) is 0 Å². The fourth-order valence-electron chi connectivity index (χ4n) is 2.87. The molecular weight excluding hydrogens is 240 g/mol. The molecule has 1 amide bonds. The van der Waals surface area contributed by atoms with E-state index in [-0.39, 0.29) is 5.91 Å². The number of hydrogen-bond acceptors (Lipinski definition) is 2. The van der Waals surface area contributed by atoms with Gasteiger partial charge in [-0.3, -0.25) is 4.79 Å². The van der Waals surface area contributed by atoms with E-state index in [0.29, 0.717) is 6.54 Å². The number of aromatic amines is 1. The Bertz CT molecular complexity index is 643. The van der Waals surface area contributed by atoms with Gasteiger partial charge in [0.1, 0.15) is 5.75 Å². The normalized spacial score (nSPS) is 13.4. The Balaban J connectivity index is 2.00. The van der Waals surface area contributed by atoms with Crippen LogP contribution in [0.5, 0.6) is 5.75 Å². The molecule has 1 aliphatic rings. The summed E-state index contributed by atoms with van der Waals surface area (Å²) < 4.78 is 5.63. The summed E-state index contributed by atoms with van der Waals surface area (Å²) in [5, 5.41) is 4.15. The number of H-pyrrole nitrogens is 1. The van der Waals surface area contributed by atoms with E-state index in [4.69, 9.17) is 4.74 Å². The van der Waals surface area contributed by atoms with Crippen molar-refractivity contribution in [3.63, 3.8) is 0 Å². The fraction of sp³-hybridized carbons (Fsp3) is 0.400. The standard InChI is InChI=1S/C15H18N2O2/c1-9-11(5-7-16-10(2)18)15-12-6-8-19-14(12)4-3-13(15)17-9/h3-4,17H,5-8H2,1-2H3,(H,16,18). The predicted molar refractivity (Wildman–Crippen MR) is 74.6 cm³/mol. The molecule has 0 spiro atoms. The highest BCUT2D eigenvalue weighted by atomic mass is 16.5. The number of aryl methyl sites for hydroxylation is 1. The van der Waals surface area contributed by atoms with Crippen LogP contribution in [0.2, 0.25) is 0 Å². The van der Waals surface area contributed by atoms with Gasteiger partial charge >= 0.3 is 0 Å². The molecule has 0 bridgehead atoms. The van der Waals surface area contributed by atoms with Gasteiger partial charge in [0.05, 0.1) is 6.61 Å². The average Bonchev–Trinajstić information content (AvgIpc) is 2.93. The minimum atomic E-state index is 0.0195. The maximum atomic E-state index is 11.0. The summed E-state index contributed by atoms with van der Waals surface area (Å²) in [4.78, 5) is 14.4. The van der Waals surface area contributed by atoms with E-state index in [2.05, 4.69) is 23.3 Å². The zero-order valence-corrected chi connectivity index (χ0v) is 11.3. The Labute approximate surface area is 112 Å². The molecule has 4 nitrogen and oxygen atoms in total. The van der Waals surface area contributed by atoms with Crippen molar-refractivity contribution in [2.45, 2.75) is 26.7 Å². The average molecular weight is 258 g/mol. The van der Waals surface area contributed by atoms with Gasteiger partial charge in [0.2, 0.25) is 5.91 Å². The maximum absolute atomic E-state index is 11.0. The lowest BCUT2D eigenvalue weighted by atomic mass is 10.0. The molecule has 0 saturated carbocycles. The molecule has 1 aromatic carbocycles. The first-order chi connectivity index (χ1) is 9.16. The Morgan fingerprint density at radius 3 is 3.11 bits per heavy atom. The zero-order chi connectivity index (χ0) is 13.4. The van der Waals surface area contributed by atoms with Gasteiger partial charge in [-0.25, -0.2) is 0 Å². The van der Waals surface area contributed by atoms with Crippen molar-refractivity contribution >= 4 is 16.8 Å². The molecule has 0 unspecified atom stereocenters. The summed E-state index contributed by atoms with van der Waals surface area (Å²) in [7, 11) is 0. The molecule has 2 heterocycles. The summed E-state index contributed by atoms with van der Waals surface area (Å²) in [6.45, 7) is 5.08. The molecule has 0 atom stereocenters. The Morgan fingerprint density at radius 1 is 1.47 bits per heavy atom. The van der Waals surface area contributed by atoms with Crippen LogP contribution in [-0.4, -0.2) is 24.0 Å². The van der Waals surface area contributed by atoms with Crippen LogP contribution in [0.4, 0.5) is 0 Å². The molecule has 19 heavy (non-hydrogen) atoms. The van der Waals surface area contributed by atoms with Crippen LogP contribution in [0.25, 0.3) is 10.9 Å². The van der Waals surface area contributed by atoms with Crippen LogP contribution in [-0.2, 0) is 17.6 Å². The molecule has 0 aliphatic carbocycles. The smallest absolute Gasteiger partial charge is 0.216 e. The predicted octanol–water partition coefficient (Wildman–Crippen LogP) is 2.09. The first kappa shape index (κ1) is 12.1. The number of carbonyl (C=O) groups is 1. The van der Waals surface area contributed by atoms with Crippen LogP contribution in [0.15, 0.2) is 12.1 Å². The quantitative estimate of drug-likeness (QED) is 0.885. The molecule has 0 radical (unpaired) electrons. The molecule has 0 fully saturated rings. The summed E-state index contributed by atoms with van der Waals surface area (Å²) >= 11 is 0. The van der Waals surface area contributed by atoms with Gasteiger partial charge in [-0.1, -0.05) is 0 Å².